The van der Waals surface area contributed by atoms with Crippen molar-refractivity contribution in [1.29, 1.82) is 0 Å². The Kier molecular flexibility index (Phi) is 3.73. The average Bonchev–Trinajstić information content (AvgIpc) is 1.83. The van der Waals surface area contributed by atoms with Crippen molar-refractivity contribution in [3.63, 3.8) is 0 Å². The fourth-order valence-electron chi connectivity index (χ4n) is 2.58. The zero-order valence-corrected chi connectivity index (χ0v) is 11.5. The highest BCUT2D eigenvalue weighted by atomic mass is 35.7. The van der Waals surface area contributed by atoms with Gasteiger partial charge in [0.1, 0.15) is 0 Å². The normalized spacial score (nSPS) is 25.0. The van der Waals surface area contributed by atoms with E-state index in [1.54, 1.807) is 0 Å². The fraction of sp³-hybridized carbons (Fsp3) is 1.00. The van der Waals surface area contributed by atoms with Crippen LogP contribution in [-0.4, -0.2) is 14.8 Å². The van der Waals surface area contributed by atoms with Gasteiger partial charge in [-0.15, -0.1) is 22.2 Å². The van der Waals surface area contributed by atoms with Crippen molar-refractivity contribution in [2.45, 2.75) is 50.1 Å². The fourth-order valence-corrected chi connectivity index (χ4v) is 26.4. The Morgan fingerprint density at radius 3 is 1.67 bits per heavy atom. The molecule has 0 saturated carbocycles. The van der Waals surface area contributed by atoms with Crippen molar-refractivity contribution in [2.24, 2.45) is 0 Å². The maximum Gasteiger partial charge on any atom is 0.246 e. The van der Waals surface area contributed by atoms with Crippen LogP contribution < -0.4 is 0 Å². The predicted octanol–water partition coefficient (Wildman–Crippen LogP) is 4.27. The quantitative estimate of drug-likeness (QED) is 0.509. The third-order valence-corrected chi connectivity index (χ3v) is 20.9. The molecule has 1 aliphatic heterocycles. The molecule has 0 atom stereocenters. The lowest BCUT2D eigenvalue weighted by Crippen LogP contribution is -2.56. The third kappa shape index (κ3) is 2.50. The van der Waals surface area contributed by atoms with Gasteiger partial charge >= 0.3 is 0 Å². The van der Waals surface area contributed by atoms with Crippen molar-refractivity contribution in [1.82, 2.24) is 0 Å². The average molecular weight is 241 g/mol. The summed E-state index contributed by atoms with van der Waals surface area (Å²) in [4.78, 5) is 0. The van der Waals surface area contributed by atoms with Gasteiger partial charge in [0.05, 0.1) is 8.07 Å². The van der Waals surface area contributed by atoms with Crippen LogP contribution in [0.5, 0.6) is 0 Å². The molecule has 0 spiro atoms. The molecule has 72 valence electrons. The van der Waals surface area contributed by atoms with E-state index in [0.29, 0.717) is 0 Å². The zero-order chi connectivity index (χ0) is 9.24. The highest BCUT2D eigenvalue weighted by molar-refractivity contribution is 7.54. The van der Waals surface area contributed by atoms with Gasteiger partial charge < -0.3 is 0 Å². The maximum atomic E-state index is 6.20. The van der Waals surface area contributed by atoms with Crippen LogP contribution in [0.1, 0.15) is 26.7 Å². The van der Waals surface area contributed by atoms with Crippen molar-refractivity contribution < 1.29 is 0 Å². The Balaban J connectivity index is 2.43. The summed E-state index contributed by atoms with van der Waals surface area (Å²) in [6, 6.07) is 2.93. The first-order chi connectivity index (χ1) is 5.54. The van der Waals surface area contributed by atoms with Crippen LogP contribution in [0.25, 0.3) is 0 Å². The molecule has 1 aliphatic rings. The molecule has 0 nitrogen and oxygen atoms in total. The first-order valence-corrected chi connectivity index (χ1v) is 12.2. The van der Waals surface area contributed by atoms with Gasteiger partial charge in [-0.05, 0) is 11.3 Å². The van der Waals surface area contributed by atoms with Crippen LogP contribution in [0.2, 0.25) is 23.4 Å². The van der Waals surface area contributed by atoms with Gasteiger partial charge in [-0.2, -0.15) is 0 Å². The van der Waals surface area contributed by atoms with E-state index in [1.807, 2.05) is 0 Å². The molecule has 1 rings (SSSR count). The monoisotopic (exact) mass is 240 g/mol. The molecule has 0 aromatic heterocycles. The smallest absolute Gasteiger partial charge is 0.146 e. The van der Waals surface area contributed by atoms with Gasteiger partial charge in [0, 0.05) is 0 Å². The van der Waals surface area contributed by atoms with E-state index in [1.165, 1.54) is 36.3 Å². The Bertz CT molecular complexity index is 143. The summed E-state index contributed by atoms with van der Waals surface area (Å²) in [6.07, 6.45) is 2.68. The first-order valence-electron chi connectivity index (χ1n) is 4.91. The minimum Gasteiger partial charge on any atom is -0.146 e. The second-order valence-electron chi connectivity index (χ2n) is 4.21. The van der Waals surface area contributed by atoms with E-state index >= 15 is 0 Å². The van der Waals surface area contributed by atoms with Crippen LogP contribution in [0, 0.1) is 0 Å². The summed E-state index contributed by atoms with van der Waals surface area (Å²) in [5.74, 6) is 0. The summed E-state index contributed by atoms with van der Waals surface area (Å²) < 4.78 is 0. The molecule has 0 aromatic rings. The number of halogens is 2. The maximum absolute atomic E-state index is 6.20. The summed E-state index contributed by atoms with van der Waals surface area (Å²) in [5.41, 5.74) is 2.57. The topological polar surface area (TPSA) is 0 Å². The highest BCUT2D eigenvalue weighted by Crippen LogP contribution is 2.50. The third-order valence-electron chi connectivity index (χ3n) is 2.83. The van der Waals surface area contributed by atoms with E-state index in [4.69, 9.17) is 22.2 Å². The van der Waals surface area contributed by atoms with Crippen LogP contribution in [0.4, 0.5) is 0 Å². The lowest BCUT2D eigenvalue weighted by Gasteiger charge is -2.47. The molecular formula is C8H18Cl2Si2. The summed E-state index contributed by atoms with van der Waals surface area (Å²) in [7, 11) is -0.880. The highest BCUT2D eigenvalue weighted by Gasteiger charge is 2.55. The largest absolute Gasteiger partial charge is 0.246 e. The van der Waals surface area contributed by atoms with Gasteiger partial charge in [0.2, 0.25) is 6.69 Å². The van der Waals surface area contributed by atoms with E-state index in [2.05, 4.69) is 13.8 Å². The molecule has 1 heterocycles. The van der Waals surface area contributed by atoms with Gasteiger partial charge in [-0.3, -0.25) is 0 Å². The van der Waals surface area contributed by atoms with Gasteiger partial charge in [-0.1, -0.05) is 38.8 Å². The molecule has 0 unspecified atom stereocenters. The molecule has 12 heavy (non-hydrogen) atoms. The molecule has 4 heteroatoms. The Hall–Kier alpha value is 1.01. The van der Waals surface area contributed by atoms with E-state index < -0.39 is 14.8 Å². The molecule has 0 aliphatic carbocycles. The van der Waals surface area contributed by atoms with Crippen LogP contribution in [-0.2, 0) is 0 Å². The minimum absolute atomic E-state index is 0.880. The second kappa shape index (κ2) is 4.03. The molecule has 0 amide bonds. The number of hydrogen-bond acceptors (Lipinski definition) is 0. The van der Waals surface area contributed by atoms with Crippen LogP contribution >= 0.6 is 22.2 Å². The summed E-state index contributed by atoms with van der Waals surface area (Å²) >= 11 is 12.4. The minimum atomic E-state index is -1.65. The van der Waals surface area contributed by atoms with E-state index in [-0.39, 0.29) is 0 Å². The van der Waals surface area contributed by atoms with Gasteiger partial charge in [0.15, 0.2) is 0 Å². The first kappa shape index (κ1) is 11.1. The number of rotatable bonds is 4. The van der Waals surface area contributed by atoms with Crippen LogP contribution in [0.3, 0.4) is 0 Å². The lowest BCUT2D eigenvalue weighted by molar-refractivity contribution is 0.960. The Morgan fingerprint density at radius 1 is 1.00 bits per heavy atom. The SMILES string of the molecule is CCC[Si]1(CCC)C[Si](Cl)(Cl)C1. The molecule has 1 saturated heterocycles. The van der Waals surface area contributed by atoms with Crippen LogP contribution in [0.15, 0.2) is 0 Å². The summed E-state index contributed by atoms with van der Waals surface area (Å²) in [5, 5.41) is 0. The van der Waals surface area contributed by atoms with E-state index in [0.717, 1.165) is 0 Å². The molecule has 0 aromatic carbocycles. The van der Waals surface area contributed by atoms with Crippen molar-refractivity contribution in [3.8, 4) is 0 Å². The number of hydrogen-bond donors (Lipinski definition) is 0. The molecule has 1 fully saturated rings. The molecular weight excluding hydrogens is 223 g/mol. The Labute approximate surface area is 87.1 Å². The molecule has 0 N–H and O–H groups in total. The molecule has 0 radical (unpaired) electrons. The van der Waals surface area contributed by atoms with E-state index in [9.17, 15) is 0 Å². The standard InChI is InChI=1S/C8H18Cl2Si2/c1-3-5-11(6-4-2)7-12(9,10)8-11/h3-8H2,1-2H3. The second-order valence-corrected chi connectivity index (χ2v) is 17.7. The van der Waals surface area contributed by atoms with Gasteiger partial charge in [-0.25, -0.2) is 0 Å². The Morgan fingerprint density at radius 2 is 1.42 bits per heavy atom. The molecule has 0 bridgehead atoms. The summed E-state index contributed by atoms with van der Waals surface area (Å²) in [6.45, 7) is 2.92. The lowest BCUT2D eigenvalue weighted by atomic mass is 10.6. The van der Waals surface area contributed by atoms with Crippen molar-refractivity contribution in [2.75, 3.05) is 0 Å². The zero-order valence-electron chi connectivity index (χ0n) is 8.00. The van der Waals surface area contributed by atoms with Gasteiger partial charge in [0.25, 0.3) is 0 Å². The van der Waals surface area contributed by atoms with Crippen molar-refractivity contribution >= 4 is 36.9 Å². The van der Waals surface area contributed by atoms with Crippen molar-refractivity contribution in [3.05, 3.63) is 0 Å². The predicted molar refractivity (Wildman–Crippen MR) is 63.0 cm³/mol.